The molecule has 4 rings (SSSR count). The fourth-order valence-electron chi connectivity index (χ4n) is 3.08. The van der Waals surface area contributed by atoms with E-state index in [0.29, 0.717) is 11.5 Å². The van der Waals surface area contributed by atoms with Crippen molar-refractivity contribution in [3.8, 4) is 11.3 Å². The van der Waals surface area contributed by atoms with E-state index in [0.717, 1.165) is 18.4 Å². The highest BCUT2D eigenvalue weighted by molar-refractivity contribution is 5.93. The zero-order chi connectivity index (χ0) is 18.1. The first kappa shape index (κ1) is 16.5. The van der Waals surface area contributed by atoms with Crippen LogP contribution in [0, 0.1) is 0 Å². The van der Waals surface area contributed by atoms with Crippen LogP contribution in [0.25, 0.3) is 11.3 Å². The molecule has 0 bridgehead atoms. The lowest BCUT2D eigenvalue weighted by atomic mass is 9.87. The van der Waals surface area contributed by atoms with Crippen LogP contribution >= 0.6 is 0 Å². The fourth-order valence-corrected chi connectivity index (χ4v) is 3.08. The number of carbonyl (C=O) groups is 1. The van der Waals surface area contributed by atoms with Gasteiger partial charge in [0.15, 0.2) is 11.5 Å². The molecular formula is C19H20N4O3. The van der Waals surface area contributed by atoms with Gasteiger partial charge in [-0.05, 0) is 25.8 Å². The van der Waals surface area contributed by atoms with E-state index in [2.05, 4.69) is 15.6 Å². The minimum Gasteiger partial charge on any atom is -0.387 e. The SMILES string of the molecule is CC(O)c1ccn([C@H]2C[C@H](NC(=O)c3cc(-c4ccccc4)on3)C2)n1. The van der Waals surface area contributed by atoms with Gasteiger partial charge < -0.3 is 14.9 Å². The maximum absolute atomic E-state index is 12.3. The molecule has 1 atom stereocenters. The van der Waals surface area contributed by atoms with Gasteiger partial charge in [0.05, 0.1) is 17.8 Å². The summed E-state index contributed by atoms with van der Waals surface area (Å²) in [5.41, 5.74) is 1.83. The van der Waals surface area contributed by atoms with Gasteiger partial charge in [-0.15, -0.1) is 0 Å². The van der Waals surface area contributed by atoms with E-state index in [4.69, 9.17) is 4.52 Å². The summed E-state index contributed by atoms with van der Waals surface area (Å²) in [4.78, 5) is 12.3. The second-order valence-corrected chi connectivity index (χ2v) is 6.63. The van der Waals surface area contributed by atoms with Gasteiger partial charge in [0.25, 0.3) is 5.91 Å². The monoisotopic (exact) mass is 352 g/mol. The van der Waals surface area contributed by atoms with E-state index >= 15 is 0 Å². The van der Waals surface area contributed by atoms with E-state index in [1.165, 1.54) is 0 Å². The third-order valence-corrected chi connectivity index (χ3v) is 4.68. The number of benzene rings is 1. The van der Waals surface area contributed by atoms with E-state index in [1.807, 2.05) is 47.3 Å². The minimum atomic E-state index is -0.571. The molecule has 1 fully saturated rings. The number of nitrogens with zero attached hydrogens (tertiary/aromatic N) is 3. The summed E-state index contributed by atoms with van der Waals surface area (Å²) in [6.45, 7) is 1.69. The molecule has 7 nitrogen and oxygen atoms in total. The van der Waals surface area contributed by atoms with Gasteiger partial charge in [-0.2, -0.15) is 5.10 Å². The molecule has 0 aliphatic heterocycles. The average Bonchev–Trinajstić information content (AvgIpc) is 3.28. The Labute approximate surface area is 150 Å². The second kappa shape index (κ2) is 6.76. The van der Waals surface area contributed by atoms with E-state index in [1.54, 1.807) is 13.0 Å². The van der Waals surface area contributed by atoms with Crippen LogP contribution in [0.5, 0.6) is 0 Å². The maximum atomic E-state index is 12.3. The van der Waals surface area contributed by atoms with Crippen molar-refractivity contribution in [2.24, 2.45) is 0 Å². The molecule has 3 aromatic rings. The summed E-state index contributed by atoms with van der Waals surface area (Å²) in [6, 6.07) is 13.3. The number of hydrogen-bond donors (Lipinski definition) is 2. The van der Waals surface area contributed by atoms with E-state index in [9.17, 15) is 9.90 Å². The molecule has 0 saturated heterocycles. The number of rotatable bonds is 5. The van der Waals surface area contributed by atoms with Crippen LogP contribution in [0.1, 0.15) is 48.1 Å². The highest BCUT2D eigenvalue weighted by Crippen LogP contribution is 2.32. The van der Waals surface area contributed by atoms with Crippen LogP contribution in [0.15, 0.2) is 53.2 Å². The lowest BCUT2D eigenvalue weighted by molar-refractivity contribution is 0.0879. The van der Waals surface area contributed by atoms with Gasteiger partial charge in [0.1, 0.15) is 0 Å². The summed E-state index contributed by atoms with van der Waals surface area (Å²) in [7, 11) is 0. The zero-order valence-electron chi connectivity index (χ0n) is 14.4. The van der Waals surface area contributed by atoms with Gasteiger partial charge in [-0.25, -0.2) is 0 Å². The molecule has 0 radical (unpaired) electrons. The van der Waals surface area contributed by atoms with Crippen molar-refractivity contribution in [3.63, 3.8) is 0 Å². The molecule has 134 valence electrons. The van der Waals surface area contributed by atoms with Crippen molar-refractivity contribution in [1.82, 2.24) is 20.3 Å². The molecule has 7 heteroatoms. The smallest absolute Gasteiger partial charge is 0.273 e. The molecule has 2 aromatic heterocycles. The molecular weight excluding hydrogens is 332 g/mol. The third-order valence-electron chi connectivity index (χ3n) is 4.68. The molecule has 1 amide bonds. The Morgan fingerprint density at radius 3 is 2.77 bits per heavy atom. The first-order valence-corrected chi connectivity index (χ1v) is 8.66. The van der Waals surface area contributed by atoms with Crippen molar-refractivity contribution in [3.05, 3.63) is 60.0 Å². The Kier molecular flexibility index (Phi) is 4.30. The second-order valence-electron chi connectivity index (χ2n) is 6.63. The van der Waals surface area contributed by atoms with Crippen molar-refractivity contribution in [1.29, 1.82) is 0 Å². The molecule has 2 N–H and O–H groups in total. The number of amides is 1. The predicted octanol–water partition coefficient (Wildman–Crippen LogP) is 2.72. The summed E-state index contributed by atoms with van der Waals surface area (Å²) >= 11 is 0. The van der Waals surface area contributed by atoms with Crippen molar-refractivity contribution >= 4 is 5.91 Å². The van der Waals surface area contributed by atoms with E-state index in [-0.39, 0.29) is 23.7 Å². The topological polar surface area (TPSA) is 93.2 Å². The Balaban J connectivity index is 1.33. The molecule has 2 heterocycles. The summed E-state index contributed by atoms with van der Waals surface area (Å²) in [5.74, 6) is 0.342. The fraction of sp³-hybridized carbons (Fsp3) is 0.316. The molecule has 0 spiro atoms. The maximum Gasteiger partial charge on any atom is 0.273 e. The third kappa shape index (κ3) is 3.25. The van der Waals surface area contributed by atoms with Crippen LogP contribution in [0.2, 0.25) is 0 Å². The Morgan fingerprint density at radius 2 is 2.08 bits per heavy atom. The molecule has 26 heavy (non-hydrogen) atoms. The number of hydrogen-bond acceptors (Lipinski definition) is 5. The molecule has 1 unspecified atom stereocenters. The van der Waals surface area contributed by atoms with Crippen LogP contribution in [-0.2, 0) is 0 Å². The van der Waals surface area contributed by atoms with Crippen LogP contribution < -0.4 is 5.32 Å². The summed E-state index contributed by atoms with van der Waals surface area (Å²) in [5, 5.41) is 20.8. The molecule has 1 aliphatic rings. The minimum absolute atomic E-state index is 0.0866. The lowest BCUT2D eigenvalue weighted by Crippen LogP contribution is -2.45. The largest absolute Gasteiger partial charge is 0.387 e. The Morgan fingerprint density at radius 1 is 1.31 bits per heavy atom. The molecule has 1 saturated carbocycles. The highest BCUT2D eigenvalue weighted by Gasteiger charge is 2.33. The number of aromatic nitrogens is 3. The van der Waals surface area contributed by atoms with Crippen LogP contribution in [0.4, 0.5) is 0 Å². The number of aliphatic hydroxyl groups is 1. The normalized spacial score (nSPS) is 20.4. The van der Waals surface area contributed by atoms with Crippen LogP contribution in [-0.4, -0.2) is 32.0 Å². The number of nitrogens with one attached hydrogen (secondary N) is 1. The number of aliphatic hydroxyl groups excluding tert-OH is 1. The molecule has 1 aromatic carbocycles. The van der Waals surface area contributed by atoms with Gasteiger partial charge in [-0.3, -0.25) is 9.48 Å². The van der Waals surface area contributed by atoms with Crippen LogP contribution in [0.3, 0.4) is 0 Å². The lowest BCUT2D eigenvalue weighted by Gasteiger charge is -2.35. The van der Waals surface area contributed by atoms with Gasteiger partial charge in [-0.1, -0.05) is 35.5 Å². The Hall–Kier alpha value is -2.93. The molecule has 1 aliphatic carbocycles. The van der Waals surface area contributed by atoms with E-state index < -0.39 is 6.10 Å². The number of carbonyl (C=O) groups excluding carboxylic acids is 1. The average molecular weight is 352 g/mol. The van der Waals surface area contributed by atoms with Crippen molar-refractivity contribution < 1.29 is 14.4 Å². The quantitative estimate of drug-likeness (QED) is 0.736. The first-order valence-electron chi connectivity index (χ1n) is 8.66. The van der Waals surface area contributed by atoms with Crippen molar-refractivity contribution in [2.45, 2.75) is 38.0 Å². The Bertz CT molecular complexity index is 894. The first-order chi connectivity index (χ1) is 12.6. The van der Waals surface area contributed by atoms with Gasteiger partial charge >= 0.3 is 0 Å². The van der Waals surface area contributed by atoms with Gasteiger partial charge in [0.2, 0.25) is 0 Å². The predicted molar refractivity (Wildman–Crippen MR) is 94.3 cm³/mol. The standard InChI is InChI=1S/C19H20N4O3/c1-12(24)16-7-8-23(21-16)15-9-14(10-15)20-19(25)17-11-18(26-22-17)13-5-3-2-4-6-13/h2-8,11-12,14-15,24H,9-10H2,1H3,(H,20,25)/t12?,14-,15-. The summed E-state index contributed by atoms with van der Waals surface area (Å²) in [6.07, 6.45) is 2.90. The summed E-state index contributed by atoms with van der Waals surface area (Å²) < 4.78 is 7.13. The highest BCUT2D eigenvalue weighted by atomic mass is 16.5. The van der Waals surface area contributed by atoms with Gasteiger partial charge in [0, 0.05) is 23.9 Å². The van der Waals surface area contributed by atoms with Crippen molar-refractivity contribution in [2.75, 3.05) is 0 Å². The zero-order valence-corrected chi connectivity index (χ0v) is 14.4.